The van der Waals surface area contributed by atoms with Crippen LogP contribution in [-0.4, -0.2) is 28.7 Å². The van der Waals surface area contributed by atoms with E-state index in [0.29, 0.717) is 16.4 Å². The maximum Gasteiger partial charge on any atom is 0.417 e. The average molecular weight is 430 g/mol. The van der Waals surface area contributed by atoms with Gasteiger partial charge in [0, 0.05) is 18.9 Å². The summed E-state index contributed by atoms with van der Waals surface area (Å²) in [6, 6.07) is 7.36. The van der Waals surface area contributed by atoms with Crippen molar-refractivity contribution in [1.82, 2.24) is 13.7 Å². The molecular formula is C18H15ClF3N3O2S. The van der Waals surface area contributed by atoms with E-state index in [4.69, 9.17) is 11.6 Å². The number of hydrogen-bond donors (Lipinski definition) is 0. The summed E-state index contributed by atoms with van der Waals surface area (Å²) in [4.78, 5) is 3.49. The highest BCUT2D eigenvalue weighted by atomic mass is 35.5. The lowest BCUT2D eigenvalue weighted by Crippen LogP contribution is -2.32. The average Bonchev–Trinajstić information content (AvgIpc) is 3.02. The second kappa shape index (κ2) is 7.57. The minimum atomic E-state index is -4.80. The molecule has 0 saturated heterocycles. The lowest BCUT2D eigenvalue weighted by atomic mass is 10.2. The monoisotopic (exact) mass is 429 g/mol. The van der Waals surface area contributed by atoms with Crippen molar-refractivity contribution in [3.05, 3.63) is 77.7 Å². The molecule has 1 aromatic carbocycles. The van der Waals surface area contributed by atoms with Crippen molar-refractivity contribution in [2.24, 2.45) is 0 Å². The Bertz CT molecular complexity index is 1130. The standard InChI is InChI=1S/C18H15ClF3N3O2S/c1-2-9-25(12-14-11-24-10-13(19)7-8-17(24)23-14)28(26,27)16-6-4-3-5-15(16)18(20,21)22/h2-8,10-11H,1,9,12H2. The largest absolute Gasteiger partial charge is 0.417 e. The number of pyridine rings is 1. The lowest BCUT2D eigenvalue weighted by molar-refractivity contribution is -0.139. The van der Waals surface area contributed by atoms with Gasteiger partial charge in [0.2, 0.25) is 10.0 Å². The van der Waals surface area contributed by atoms with Crippen LogP contribution >= 0.6 is 11.6 Å². The minimum absolute atomic E-state index is 0.177. The van der Waals surface area contributed by atoms with E-state index in [1.807, 2.05) is 0 Å². The van der Waals surface area contributed by atoms with Crippen molar-refractivity contribution < 1.29 is 21.6 Å². The molecule has 0 bridgehead atoms. The summed E-state index contributed by atoms with van der Waals surface area (Å²) >= 11 is 5.92. The van der Waals surface area contributed by atoms with Gasteiger partial charge in [-0.3, -0.25) is 0 Å². The third-order valence-corrected chi connectivity index (χ3v) is 6.04. The van der Waals surface area contributed by atoms with Crippen LogP contribution in [-0.2, 0) is 22.7 Å². The van der Waals surface area contributed by atoms with Crippen LogP contribution in [0.4, 0.5) is 13.2 Å². The Morgan fingerprint density at radius 1 is 1.18 bits per heavy atom. The zero-order chi connectivity index (χ0) is 20.5. The third kappa shape index (κ3) is 4.06. The molecule has 3 aromatic rings. The van der Waals surface area contributed by atoms with Gasteiger partial charge in [0.05, 0.1) is 27.7 Å². The highest BCUT2D eigenvalue weighted by molar-refractivity contribution is 7.89. The Labute approximate surface area is 164 Å². The zero-order valence-corrected chi connectivity index (χ0v) is 16.0. The fraction of sp³-hybridized carbons (Fsp3) is 0.167. The topological polar surface area (TPSA) is 54.7 Å². The van der Waals surface area contributed by atoms with Gasteiger partial charge in [-0.25, -0.2) is 13.4 Å². The minimum Gasteiger partial charge on any atom is -0.305 e. The fourth-order valence-corrected chi connectivity index (χ4v) is 4.49. The molecule has 28 heavy (non-hydrogen) atoms. The van der Waals surface area contributed by atoms with Crippen LogP contribution in [0.15, 0.2) is 66.3 Å². The van der Waals surface area contributed by atoms with Gasteiger partial charge < -0.3 is 4.40 Å². The Hall–Kier alpha value is -2.36. The molecule has 148 valence electrons. The highest BCUT2D eigenvalue weighted by Crippen LogP contribution is 2.35. The Kier molecular flexibility index (Phi) is 5.51. The molecule has 0 aliphatic heterocycles. The second-order valence-electron chi connectivity index (χ2n) is 5.93. The van der Waals surface area contributed by atoms with Crippen LogP contribution in [0.5, 0.6) is 0 Å². The van der Waals surface area contributed by atoms with Gasteiger partial charge >= 0.3 is 6.18 Å². The van der Waals surface area contributed by atoms with Gasteiger partial charge in [-0.1, -0.05) is 29.8 Å². The zero-order valence-electron chi connectivity index (χ0n) is 14.4. The van der Waals surface area contributed by atoms with Crippen molar-refractivity contribution in [1.29, 1.82) is 0 Å². The normalized spacial score (nSPS) is 12.6. The summed E-state index contributed by atoms with van der Waals surface area (Å²) in [6.45, 7) is 3.10. The van der Waals surface area contributed by atoms with Gasteiger partial charge in [0.1, 0.15) is 5.65 Å². The number of fused-ring (bicyclic) bond motifs is 1. The molecule has 0 spiro atoms. The summed E-state index contributed by atoms with van der Waals surface area (Å²) in [5.41, 5.74) is -0.325. The van der Waals surface area contributed by atoms with E-state index >= 15 is 0 Å². The van der Waals surface area contributed by atoms with E-state index in [1.54, 1.807) is 28.9 Å². The number of alkyl halides is 3. The molecule has 0 aliphatic rings. The number of imidazole rings is 1. The van der Waals surface area contributed by atoms with Crippen LogP contribution in [0.2, 0.25) is 5.02 Å². The summed E-state index contributed by atoms with van der Waals surface area (Å²) in [6.07, 6.45) is -0.328. The first-order valence-corrected chi connectivity index (χ1v) is 9.85. The molecular weight excluding hydrogens is 415 g/mol. The van der Waals surface area contributed by atoms with Crippen LogP contribution in [0.3, 0.4) is 0 Å². The molecule has 0 fully saturated rings. The fourth-order valence-electron chi connectivity index (χ4n) is 2.73. The molecule has 10 heteroatoms. The Morgan fingerprint density at radius 3 is 2.57 bits per heavy atom. The molecule has 3 rings (SSSR count). The van der Waals surface area contributed by atoms with Crippen LogP contribution in [0.1, 0.15) is 11.3 Å². The number of rotatable bonds is 6. The lowest BCUT2D eigenvalue weighted by Gasteiger charge is -2.22. The number of halogens is 4. The molecule has 0 atom stereocenters. The number of sulfonamides is 1. The summed E-state index contributed by atoms with van der Waals surface area (Å²) < 4.78 is 68.4. The molecule has 2 aromatic heterocycles. The molecule has 5 nitrogen and oxygen atoms in total. The number of nitrogens with zero attached hydrogens (tertiary/aromatic N) is 3. The molecule has 0 unspecified atom stereocenters. The maximum absolute atomic E-state index is 13.3. The Morgan fingerprint density at radius 2 is 1.89 bits per heavy atom. The first kappa shape index (κ1) is 20.4. The number of benzene rings is 1. The van der Waals surface area contributed by atoms with Gasteiger partial charge in [-0.2, -0.15) is 17.5 Å². The molecule has 0 radical (unpaired) electrons. The van der Waals surface area contributed by atoms with Crippen molar-refractivity contribution in [2.75, 3.05) is 6.54 Å². The van der Waals surface area contributed by atoms with E-state index in [1.165, 1.54) is 12.1 Å². The van der Waals surface area contributed by atoms with Crippen LogP contribution in [0, 0.1) is 0 Å². The summed E-state index contributed by atoms with van der Waals surface area (Å²) in [7, 11) is -4.45. The first-order chi connectivity index (χ1) is 13.1. The van der Waals surface area contributed by atoms with E-state index in [2.05, 4.69) is 11.6 Å². The first-order valence-electron chi connectivity index (χ1n) is 8.03. The van der Waals surface area contributed by atoms with E-state index < -0.39 is 26.7 Å². The van der Waals surface area contributed by atoms with Crippen molar-refractivity contribution in [3.8, 4) is 0 Å². The molecule has 0 saturated carbocycles. The van der Waals surface area contributed by atoms with Gasteiger partial charge in [0.15, 0.2) is 0 Å². The van der Waals surface area contributed by atoms with Gasteiger partial charge in [0.25, 0.3) is 0 Å². The number of hydrogen-bond acceptors (Lipinski definition) is 3. The van der Waals surface area contributed by atoms with E-state index in [-0.39, 0.29) is 13.1 Å². The summed E-state index contributed by atoms with van der Waals surface area (Å²) in [5.74, 6) is 0. The quantitative estimate of drug-likeness (QED) is 0.546. The Balaban J connectivity index is 2.02. The summed E-state index contributed by atoms with van der Waals surface area (Å²) in [5, 5.41) is 0.464. The molecule has 0 aliphatic carbocycles. The predicted octanol–water partition coefficient (Wildman–Crippen LogP) is 4.38. The smallest absolute Gasteiger partial charge is 0.305 e. The van der Waals surface area contributed by atoms with Crippen LogP contribution < -0.4 is 0 Å². The van der Waals surface area contributed by atoms with Gasteiger partial charge in [-0.05, 0) is 24.3 Å². The maximum atomic E-state index is 13.3. The molecule has 2 heterocycles. The van der Waals surface area contributed by atoms with Crippen molar-refractivity contribution in [3.63, 3.8) is 0 Å². The van der Waals surface area contributed by atoms with Gasteiger partial charge in [-0.15, -0.1) is 6.58 Å². The second-order valence-corrected chi connectivity index (χ2v) is 8.27. The number of aromatic nitrogens is 2. The van der Waals surface area contributed by atoms with Crippen molar-refractivity contribution in [2.45, 2.75) is 17.6 Å². The van der Waals surface area contributed by atoms with Crippen LogP contribution in [0.25, 0.3) is 5.65 Å². The predicted molar refractivity (Wildman–Crippen MR) is 99.4 cm³/mol. The third-order valence-electron chi connectivity index (χ3n) is 3.95. The van der Waals surface area contributed by atoms with Crippen molar-refractivity contribution >= 4 is 27.3 Å². The van der Waals surface area contributed by atoms with E-state index in [0.717, 1.165) is 22.5 Å². The van der Waals surface area contributed by atoms with E-state index in [9.17, 15) is 21.6 Å². The molecule has 0 amide bonds. The highest BCUT2D eigenvalue weighted by Gasteiger charge is 2.38. The molecule has 0 N–H and O–H groups in total. The SMILES string of the molecule is C=CCN(Cc1cn2cc(Cl)ccc2n1)S(=O)(=O)c1ccccc1C(F)(F)F.